The summed E-state index contributed by atoms with van der Waals surface area (Å²) in [6.07, 6.45) is 0. The summed E-state index contributed by atoms with van der Waals surface area (Å²) in [7, 11) is 1.66. The number of aromatic nitrogens is 3. The third-order valence-corrected chi connectivity index (χ3v) is 4.68. The molecule has 1 heterocycles. The number of anilines is 1. The second-order valence-electron chi connectivity index (χ2n) is 5.56. The Morgan fingerprint density at radius 1 is 1.18 bits per heavy atom. The maximum Gasteiger partial charge on any atom is 0.387 e. The van der Waals surface area contributed by atoms with E-state index in [-0.39, 0.29) is 17.2 Å². The van der Waals surface area contributed by atoms with Gasteiger partial charge in [0, 0.05) is 7.05 Å². The van der Waals surface area contributed by atoms with Gasteiger partial charge >= 0.3 is 6.61 Å². The lowest BCUT2D eigenvalue weighted by Gasteiger charge is -2.11. The number of nitrogens with one attached hydrogen (secondary N) is 1. The summed E-state index contributed by atoms with van der Waals surface area (Å²) in [5.74, 6) is -0.714. The van der Waals surface area contributed by atoms with E-state index in [0.29, 0.717) is 16.5 Å². The number of rotatable bonds is 7. The van der Waals surface area contributed by atoms with Crippen molar-refractivity contribution in [3.05, 3.63) is 54.3 Å². The van der Waals surface area contributed by atoms with E-state index in [2.05, 4.69) is 20.3 Å². The van der Waals surface area contributed by atoms with Gasteiger partial charge in [0.2, 0.25) is 5.91 Å². The first kappa shape index (κ1) is 19.7. The fourth-order valence-electron chi connectivity index (χ4n) is 2.40. The number of amides is 1. The van der Waals surface area contributed by atoms with Gasteiger partial charge in [0.1, 0.15) is 11.6 Å². The van der Waals surface area contributed by atoms with Crippen LogP contribution in [0.5, 0.6) is 5.75 Å². The summed E-state index contributed by atoms with van der Waals surface area (Å²) in [6, 6.07) is 12.1. The molecule has 1 aromatic heterocycles. The highest BCUT2D eigenvalue weighted by atomic mass is 32.2. The fourth-order valence-corrected chi connectivity index (χ4v) is 3.11. The molecule has 2 aromatic carbocycles. The van der Waals surface area contributed by atoms with Gasteiger partial charge in [-0.3, -0.25) is 4.79 Å². The molecule has 0 spiro atoms. The lowest BCUT2D eigenvalue weighted by Crippen LogP contribution is -2.16. The van der Waals surface area contributed by atoms with E-state index < -0.39 is 18.3 Å². The molecule has 3 rings (SSSR count). The van der Waals surface area contributed by atoms with Crippen molar-refractivity contribution in [3.63, 3.8) is 0 Å². The van der Waals surface area contributed by atoms with Crippen LogP contribution in [-0.4, -0.2) is 33.0 Å². The molecule has 146 valence electrons. The Kier molecular flexibility index (Phi) is 6.19. The molecule has 10 heteroatoms. The maximum absolute atomic E-state index is 13.9. The zero-order chi connectivity index (χ0) is 20.1. The number of carbonyl (C=O) groups is 1. The average Bonchev–Trinajstić information content (AvgIpc) is 3.02. The van der Waals surface area contributed by atoms with Gasteiger partial charge in [-0.05, 0) is 24.3 Å². The Morgan fingerprint density at radius 2 is 1.89 bits per heavy atom. The van der Waals surface area contributed by atoms with E-state index in [0.717, 1.165) is 11.8 Å². The van der Waals surface area contributed by atoms with E-state index in [4.69, 9.17) is 0 Å². The van der Waals surface area contributed by atoms with E-state index in [1.165, 1.54) is 24.3 Å². The summed E-state index contributed by atoms with van der Waals surface area (Å²) in [5, 5.41) is 10.9. The molecule has 1 amide bonds. The molecule has 0 unspecified atom stereocenters. The Balaban J connectivity index is 1.66. The lowest BCUT2D eigenvalue weighted by atomic mass is 10.2. The van der Waals surface area contributed by atoms with Crippen LogP contribution >= 0.6 is 11.8 Å². The number of nitrogens with zero attached hydrogens (tertiary/aromatic N) is 3. The van der Waals surface area contributed by atoms with Crippen LogP contribution in [-0.2, 0) is 11.8 Å². The Hall–Kier alpha value is -3.01. The normalized spacial score (nSPS) is 10.9. The van der Waals surface area contributed by atoms with Gasteiger partial charge in [0.25, 0.3) is 0 Å². The molecule has 0 saturated heterocycles. The van der Waals surface area contributed by atoms with Crippen molar-refractivity contribution < 1.29 is 22.7 Å². The van der Waals surface area contributed by atoms with Gasteiger partial charge in [-0.2, -0.15) is 8.78 Å². The average molecular weight is 408 g/mol. The van der Waals surface area contributed by atoms with E-state index in [1.807, 2.05) is 0 Å². The van der Waals surface area contributed by atoms with Crippen molar-refractivity contribution >= 4 is 23.4 Å². The van der Waals surface area contributed by atoms with Crippen molar-refractivity contribution in [2.75, 3.05) is 11.1 Å². The second-order valence-corrected chi connectivity index (χ2v) is 6.50. The molecular formula is C18H15F3N4O2S. The number of benzene rings is 2. The minimum absolute atomic E-state index is 0.0493. The number of halogens is 3. The molecule has 0 aliphatic carbocycles. The molecule has 0 bridgehead atoms. The monoisotopic (exact) mass is 408 g/mol. The maximum atomic E-state index is 13.9. The van der Waals surface area contributed by atoms with Crippen LogP contribution in [0.4, 0.5) is 18.9 Å². The SMILES string of the molecule is Cn1c(SCC(=O)Nc2ccccc2OC(F)F)nnc1-c1ccccc1F. The van der Waals surface area contributed by atoms with E-state index in [9.17, 15) is 18.0 Å². The minimum Gasteiger partial charge on any atom is -0.433 e. The molecule has 0 aliphatic rings. The molecule has 28 heavy (non-hydrogen) atoms. The zero-order valence-corrected chi connectivity index (χ0v) is 15.4. The Bertz CT molecular complexity index is 981. The van der Waals surface area contributed by atoms with Crippen LogP contribution in [0.25, 0.3) is 11.4 Å². The summed E-state index contributed by atoms with van der Waals surface area (Å²) in [5.41, 5.74) is 0.435. The van der Waals surface area contributed by atoms with Crippen LogP contribution < -0.4 is 10.1 Å². The van der Waals surface area contributed by atoms with Crippen molar-refractivity contribution in [2.24, 2.45) is 7.05 Å². The van der Waals surface area contributed by atoms with Crippen molar-refractivity contribution in [2.45, 2.75) is 11.8 Å². The third-order valence-electron chi connectivity index (χ3n) is 3.66. The van der Waals surface area contributed by atoms with E-state index in [1.54, 1.807) is 35.9 Å². The smallest absolute Gasteiger partial charge is 0.387 e. The first-order chi connectivity index (χ1) is 13.5. The number of alkyl halides is 2. The van der Waals surface area contributed by atoms with Gasteiger partial charge in [0.15, 0.2) is 11.0 Å². The number of ether oxygens (including phenoxy) is 1. The topological polar surface area (TPSA) is 69.0 Å². The number of hydrogen-bond donors (Lipinski definition) is 1. The van der Waals surface area contributed by atoms with E-state index >= 15 is 0 Å². The Labute approximate surface area is 162 Å². The number of hydrogen-bond acceptors (Lipinski definition) is 5. The van der Waals surface area contributed by atoms with Gasteiger partial charge in [-0.1, -0.05) is 36.0 Å². The van der Waals surface area contributed by atoms with Crippen LogP contribution in [0.2, 0.25) is 0 Å². The number of thioether (sulfide) groups is 1. The lowest BCUT2D eigenvalue weighted by molar-refractivity contribution is -0.113. The molecule has 0 radical (unpaired) electrons. The van der Waals surface area contributed by atoms with Gasteiger partial charge < -0.3 is 14.6 Å². The Morgan fingerprint density at radius 3 is 2.64 bits per heavy atom. The van der Waals surface area contributed by atoms with Crippen LogP contribution in [0.15, 0.2) is 53.7 Å². The molecule has 0 fully saturated rings. The fraction of sp³-hybridized carbons (Fsp3) is 0.167. The van der Waals surface area contributed by atoms with Gasteiger partial charge in [-0.15, -0.1) is 10.2 Å². The summed E-state index contributed by atoms with van der Waals surface area (Å²) >= 11 is 1.08. The number of carbonyl (C=O) groups excluding carboxylic acids is 1. The molecule has 0 saturated carbocycles. The van der Waals surface area contributed by atoms with Crippen LogP contribution in [0, 0.1) is 5.82 Å². The van der Waals surface area contributed by atoms with Gasteiger partial charge in [0.05, 0.1) is 17.0 Å². The molecule has 3 aromatic rings. The number of para-hydroxylation sites is 2. The highest BCUT2D eigenvalue weighted by molar-refractivity contribution is 7.99. The highest BCUT2D eigenvalue weighted by Gasteiger charge is 2.16. The van der Waals surface area contributed by atoms with Crippen molar-refractivity contribution in [1.29, 1.82) is 0 Å². The van der Waals surface area contributed by atoms with Crippen LogP contribution in [0.1, 0.15) is 0 Å². The summed E-state index contributed by atoms with van der Waals surface area (Å²) in [6.45, 7) is -3.00. The first-order valence-electron chi connectivity index (χ1n) is 8.06. The first-order valence-corrected chi connectivity index (χ1v) is 9.05. The van der Waals surface area contributed by atoms with Gasteiger partial charge in [-0.25, -0.2) is 4.39 Å². The zero-order valence-electron chi connectivity index (χ0n) is 14.6. The minimum atomic E-state index is -3.00. The predicted octanol–water partition coefficient (Wildman–Crippen LogP) is 3.95. The molecular weight excluding hydrogens is 393 g/mol. The predicted molar refractivity (Wildman–Crippen MR) is 98.8 cm³/mol. The quantitative estimate of drug-likeness (QED) is 0.600. The molecule has 1 N–H and O–H groups in total. The van der Waals surface area contributed by atoms with Crippen LogP contribution in [0.3, 0.4) is 0 Å². The van der Waals surface area contributed by atoms with Crippen molar-refractivity contribution in [1.82, 2.24) is 14.8 Å². The molecule has 0 aliphatic heterocycles. The third kappa shape index (κ3) is 4.63. The standard InChI is InChI=1S/C18H15F3N4O2S/c1-25-16(11-6-2-3-7-12(11)19)23-24-18(25)28-10-15(26)22-13-8-4-5-9-14(13)27-17(20)21/h2-9,17H,10H2,1H3,(H,22,26). The molecule has 0 atom stereocenters. The summed E-state index contributed by atoms with van der Waals surface area (Å²) < 4.78 is 44.8. The molecule has 6 nitrogen and oxygen atoms in total. The summed E-state index contributed by atoms with van der Waals surface area (Å²) in [4.78, 5) is 12.2. The second kappa shape index (κ2) is 8.79. The van der Waals surface area contributed by atoms with Crippen molar-refractivity contribution in [3.8, 4) is 17.1 Å². The largest absolute Gasteiger partial charge is 0.433 e. The highest BCUT2D eigenvalue weighted by Crippen LogP contribution is 2.27.